The van der Waals surface area contributed by atoms with E-state index in [9.17, 15) is 9.13 Å². The Morgan fingerprint density at radius 1 is 0.826 bits per heavy atom. The van der Waals surface area contributed by atoms with E-state index in [0.29, 0.717) is 6.42 Å². The molecule has 0 aliphatic heterocycles. The Bertz CT molecular complexity index is 536. The summed E-state index contributed by atoms with van der Waals surface area (Å²) >= 11 is 0. The standard InChI is InChI=1S/C13H23NO7P2/c1-17-13-8-6-12(7-9-13)10-11-14(22(15,18-2)19-3)23(16,20-4)21-5/h6-9H,10-11H2,1-5H3. The zero-order valence-corrected chi connectivity index (χ0v) is 15.7. The van der Waals surface area contributed by atoms with Gasteiger partial charge in [-0.05, 0) is 24.1 Å². The molecule has 0 aliphatic rings. The Hall–Kier alpha value is -0.720. The highest BCUT2D eigenvalue weighted by atomic mass is 31.3. The highest BCUT2D eigenvalue weighted by Crippen LogP contribution is 2.67. The third-order valence-corrected chi connectivity index (χ3v) is 7.94. The van der Waals surface area contributed by atoms with E-state index in [2.05, 4.69) is 0 Å². The third-order valence-electron chi connectivity index (χ3n) is 3.25. The molecule has 0 saturated heterocycles. The molecule has 0 aliphatic carbocycles. The number of rotatable bonds is 10. The van der Waals surface area contributed by atoms with Crippen molar-refractivity contribution in [3.05, 3.63) is 29.8 Å². The van der Waals surface area contributed by atoms with E-state index < -0.39 is 15.5 Å². The third kappa shape index (κ3) is 4.88. The lowest BCUT2D eigenvalue weighted by Gasteiger charge is -2.31. The van der Waals surface area contributed by atoms with Crippen LogP contribution in [-0.2, 0) is 33.6 Å². The van der Waals surface area contributed by atoms with Crippen molar-refractivity contribution >= 4 is 15.5 Å². The normalized spacial score (nSPS) is 12.6. The summed E-state index contributed by atoms with van der Waals surface area (Å²) in [4.78, 5) is 0. The van der Waals surface area contributed by atoms with Crippen LogP contribution in [0.2, 0.25) is 0 Å². The zero-order chi connectivity index (χ0) is 17.5. The van der Waals surface area contributed by atoms with Crippen LogP contribution in [0.25, 0.3) is 0 Å². The van der Waals surface area contributed by atoms with Crippen molar-refractivity contribution in [3.63, 3.8) is 0 Å². The van der Waals surface area contributed by atoms with Gasteiger partial charge in [-0.25, -0.2) is 9.13 Å². The number of nitrogens with zero attached hydrogens (tertiary/aromatic N) is 1. The predicted molar refractivity (Wildman–Crippen MR) is 86.7 cm³/mol. The molecule has 0 radical (unpaired) electrons. The van der Waals surface area contributed by atoms with Gasteiger partial charge in [0.25, 0.3) is 0 Å². The highest BCUT2D eigenvalue weighted by Gasteiger charge is 2.45. The molecular weight excluding hydrogens is 344 g/mol. The second-order valence-corrected chi connectivity index (χ2v) is 8.98. The molecule has 0 fully saturated rings. The number of hydrogen-bond donors (Lipinski definition) is 0. The summed E-state index contributed by atoms with van der Waals surface area (Å²) in [7, 11) is -1.19. The highest BCUT2D eigenvalue weighted by molar-refractivity contribution is 7.66. The Balaban J connectivity index is 3.01. The Morgan fingerprint density at radius 2 is 1.26 bits per heavy atom. The van der Waals surface area contributed by atoms with Crippen LogP contribution in [0.4, 0.5) is 0 Å². The molecular formula is C13H23NO7P2. The molecule has 1 aromatic rings. The summed E-state index contributed by atoms with van der Waals surface area (Å²) < 4.78 is 51.2. The molecule has 0 atom stereocenters. The first-order chi connectivity index (χ1) is 10.9. The fraction of sp³-hybridized carbons (Fsp3) is 0.538. The Kier molecular flexibility index (Phi) is 7.90. The Labute approximate surface area is 136 Å². The van der Waals surface area contributed by atoms with Gasteiger partial charge in [0.2, 0.25) is 0 Å². The van der Waals surface area contributed by atoms with Crippen molar-refractivity contribution in [3.8, 4) is 5.75 Å². The van der Waals surface area contributed by atoms with E-state index >= 15 is 0 Å². The van der Waals surface area contributed by atoms with Crippen LogP contribution in [0.1, 0.15) is 5.56 Å². The average molecular weight is 367 g/mol. The maximum Gasteiger partial charge on any atom is 0.417 e. The lowest BCUT2D eigenvalue weighted by atomic mass is 10.1. The first-order valence-corrected chi connectivity index (χ1v) is 9.72. The molecule has 23 heavy (non-hydrogen) atoms. The monoisotopic (exact) mass is 367 g/mol. The lowest BCUT2D eigenvalue weighted by Crippen LogP contribution is -2.23. The molecule has 0 amide bonds. The summed E-state index contributed by atoms with van der Waals surface area (Å²) in [6.45, 7) is 0.0875. The molecule has 132 valence electrons. The van der Waals surface area contributed by atoms with Crippen molar-refractivity contribution in [2.24, 2.45) is 0 Å². The van der Waals surface area contributed by atoms with Crippen LogP contribution >= 0.6 is 15.5 Å². The van der Waals surface area contributed by atoms with Gasteiger partial charge in [0.05, 0.1) is 7.11 Å². The van der Waals surface area contributed by atoms with Gasteiger partial charge in [-0.1, -0.05) is 12.1 Å². The van der Waals surface area contributed by atoms with Crippen molar-refractivity contribution in [1.29, 1.82) is 0 Å². The van der Waals surface area contributed by atoms with Crippen molar-refractivity contribution in [2.45, 2.75) is 6.42 Å². The minimum absolute atomic E-state index is 0.0875. The number of hydrogen-bond acceptors (Lipinski definition) is 7. The molecule has 1 rings (SSSR count). The number of ether oxygens (including phenoxy) is 1. The van der Waals surface area contributed by atoms with Crippen LogP contribution in [0.15, 0.2) is 24.3 Å². The molecule has 8 nitrogen and oxygen atoms in total. The first kappa shape index (κ1) is 20.3. The van der Waals surface area contributed by atoms with Crippen LogP contribution in [0.5, 0.6) is 5.75 Å². The second-order valence-electron chi connectivity index (χ2n) is 4.36. The fourth-order valence-electron chi connectivity index (χ4n) is 1.93. The maximum absolute atomic E-state index is 12.7. The molecule has 0 aromatic heterocycles. The first-order valence-electron chi connectivity index (χ1n) is 6.73. The summed E-state index contributed by atoms with van der Waals surface area (Å²) in [5.74, 6) is 0.726. The summed E-state index contributed by atoms with van der Waals surface area (Å²) in [5, 5.41) is 0. The zero-order valence-electron chi connectivity index (χ0n) is 13.9. The van der Waals surface area contributed by atoms with E-state index in [1.807, 2.05) is 12.1 Å². The summed E-state index contributed by atoms with van der Waals surface area (Å²) in [6, 6.07) is 7.31. The van der Waals surface area contributed by atoms with Crippen LogP contribution in [-0.4, -0.2) is 46.5 Å². The van der Waals surface area contributed by atoms with Crippen molar-refractivity contribution < 1.29 is 32.0 Å². The smallest absolute Gasteiger partial charge is 0.417 e. The van der Waals surface area contributed by atoms with Crippen LogP contribution in [0, 0.1) is 0 Å². The van der Waals surface area contributed by atoms with Crippen LogP contribution < -0.4 is 4.74 Å². The largest absolute Gasteiger partial charge is 0.497 e. The van der Waals surface area contributed by atoms with E-state index in [1.54, 1.807) is 19.2 Å². The van der Waals surface area contributed by atoms with Crippen molar-refractivity contribution in [1.82, 2.24) is 4.44 Å². The van der Waals surface area contributed by atoms with Gasteiger partial charge in [-0.15, -0.1) is 4.44 Å². The minimum Gasteiger partial charge on any atom is -0.497 e. The molecule has 0 bridgehead atoms. The molecule has 0 saturated carbocycles. The van der Waals surface area contributed by atoms with Crippen molar-refractivity contribution in [2.75, 3.05) is 42.1 Å². The maximum atomic E-state index is 12.7. The molecule has 0 unspecified atom stereocenters. The van der Waals surface area contributed by atoms with Gasteiger partial charge < -0.3 is 4.74 Å². The second kappa shape index (κ2) is 8.94. The van der Waals surface area contributed by atoms with Gasteiger partial charge in [0.15, 0.2) is 0 Å². The van der Waals surface area contributed by atoms with Gasteiger partial charge in [0.1, 0.15) is 5.75 Å². The van der Waals surface area contributed by atoms with Gasteiger partial charge >= 0.3 is 15.5 Å². The fourth-order valence-corrected chi connectivity index (χ4v) is 5.62. The molecule has 0 N–H and O–H groups in total. The van der Waals surface area contributed by atoms with E-state index in [4.69, 9.17) is 22.8 Å². The van der Waals surface area contributed by atoms with E-state index in [0.717, 1.165) is 15.8 Å². The molecule has 1 aromatic carbocycles. The minimum atomic E-state index is -3.80. The van der Waals surface area contributed by atoms with E-state index in [1.165, 1.54) is 28.4 Å². The number of methoxy groups -OCH3 is 1. The number of benzene rings is 1. The van der Waals surface area contributed by atoms with Gasteiger partial charge in [0, 0.05) is 35.0 Å². The lowest BCUT2D eigenvalue weighted by molar-refractivity contribution is 0.195. The molecule has 10 heteroatoms. The summed E-state index contributed by atoms with van der Waals surface area (Å²) in [5.41, 5.74) is 0.924. The average Bonchev–Trinajstić information content (AvgIpc) is 2.61. The quantitative estimate of drug-likeness (QED) is 0.582. The van der Waals surface area contributed by atoms with Gasteiger partial charge in [-0.2, -0.15) is 0 Å². The predicted octanol–water partition coefficient (Wildman–Crippen LogP) is 3.34. The topological polar surface area (TPSA) is 83.5 Å². The van der Waals surface area contributed by atoms with Crippen LogP contribution in [0.3, 0.4) is 0 Å². The SMILES string of the molecule is COc1ccc(CCN(P(=O)(OC)OC)P(=O)(OC)OC)cc1. The molecule has 0 heterocycles. The Morgan fingerprint density at radius 3 is 1.61 bits per heavy atom. The summed E-state index contributed by atoms with van der Waals surface area (Å²) in [6.07, 6.45) is 0.428. The molecule has 0 spiro atoms. The van der Waals surface area contributed by atoms with E-state index in [-0.39, 0.29) is 6.54 Å². The van der Waals surface area contributed by atoms with Gasteiger partial charge in [-0.3, -0.25) is 18.1 Å².